The van der Waals surface area contributed by atoms with Crippen LogP contribution < -0.4 is 0 Å². The normalized spacial score (nSPS) is 10.4. The molecule has 2 aromatic heterocycles. The van der Waals surface area contributed by atoms with Gasteiger partial charge >= 0.3 is 0 Å². The van der Waals surface area contributed by atoms with Gasteiger partial charge in [-0.05, 0) is 26.0 Å². The predicted molar refractivity (Wildman–Crippen MR) is 53.6 cm³/mol. The first kappa shape index (κ1) is 8.74. The Kier molecular flexibility index (Phi) is 1.96. The van der Waals surface area contributed by atoms with E-state index < -0.39 is 0 Å². The van der Waals surface area contributed by atoms with Crippen molar-refractivity contribution in [2.45, 2.75) is 13.8 Å². The summed E-state index contributed by atoms with van der Waals surface area (Å²) in [6, 6.07) is 3.86. The zero-order chi connectivity index (χ0) is 10.1. The maximum atomic E-state index is 4.25. The molecule has 0 amide bonds. The standard InChI is InChI=1S/C10H12N4/c1-8-4-6-13(11-8)10(3)14-7-5-9(2)12-14/h4-7H,3H2,1-2H3. The maximum absolute atomic E-state index is 4.25. The Morgan fingerprint density at radius 2 is 1.50 bits per heavy atom. The largest absolute Gasteiger partial charge is 0.223 e. The van der Waals surface area contributed by atoms with Gasteiger partial charge in [-0.1, -0.05) is 6.58 Å². The lowest BCUT2D eigenvalue weighted by Crippen LogP contribution is -2.11. The summed E-state index contributed by atoms with van der Waals surface area (Å²) in [6.07, 6.45) is 3.74. The van der Waals surface area contributed by atoms with E-state index in [2.05, 4.69) is 16.8 Å². The van der Waals surface area contributed by atoms with E-state index in [4.69, 9.17) is 0 Å². The van der Waals surface area contributed by atoms with Gasteiger partial charge in [-0.15, -0.1) is 0 Å². The second kappa shape index (κ2) is 3.14. The minimum atomic E-state index is 0.728. The molecule has 72 valence electrons. The lowest BCUT2D eigenvalue weighted by molar-refractivity contribution is 0.624. The van der Waals surface area contributed by atoms with Crippen LogP contribution in [0.5, 0.6) is 0 Å². The van der Waals surface area contributed by atoms with Crippen molar-refractivity contribution in [1.29, 1.82) is 0 Å². The molecule has 4 nitrogen and oxygen atoms in total. The summed E-state index contributed by atoms with van der Waals surface area (Å²) < 4.78 is 3.42. The first-order valence-corrected chi connectivity index (χ1v) is 4.41. The predicted octanol–water partition coefficient (Wildman–Crippen LogP) is 1.49. The smallest absolute Gasteiger partial charge is 0.147 e. The van der Waals surface area contributed by atoms with Crippen LogP contribution in [0, 0.1) is 19.7 Å². The minimum absolute atomic E-state index is 0.728. The first-order valence-electron chi connectivity index (χ1n) is 4.41. The zero-order valence-corrected chi connectivity index (χ0v) is 8.31. The molecule has 0 aliphatic carbocycles. The van der Waals surface area contributed by atoms with Crippen LogP contribution in [0.3, 0.4) is 0 Å². The van der Waals surface area contributed by atoms with E-state index in [9.17, 15) is 0 Å². The van der Waals surface area contributed by atoms with Gasteiger partial charge in [-0.25, -0.2) is 9.36 Å². The Morgan fingerprint density at radius 3 is 1.79 bits per heavy atom. The fourth-order valence-corrected chi connectivity index (χ4v) is 1.22. The van der Waals surface area contributed by atoms with E-state index >= 15 is 0 Å². The molecule has 0 aromatic carbocycles. The van der Waals surface area contributed by atoms with Crippen LogP contribution in [0.4, 0.5) is 0 Å². The Balaban J connectivity index is 2.33. The number of hydrogen-bond donors (Lipinski definition) is 0. The van der Waals surface area contributed by atoms with Gasteiger partial charge in [0.1, 0.15) is 5.82 Å². The van der Waals surface area contributed by atoms with E-state index in [0.29, 0.717) is 0 Å². The lowest BCUT2D eigenvalue weighted by Gasteiger charge is -2.04. The van der Waals surface area contributed by atoms with Crippen LogP contribution in [0.1, 0.15) is 11.4 Å². The summed E-state index contributed by atoms with van der Waals surface area (Å²) in [5.74, 6) is 0.728. The number of aryl methyl sites for hydroxylation is 2. The molecule has 0 aliphatic rings. The monoisotopic (exact) mass is 188 g/mol. The van der Waals surface area contributed by atoms with Crippen molar-refractivity contribution in [3.05, 3.63) is 48.3 Å². The number of nitrogens with zero attached hydrogens (tertiary/aromatic N) is 4. The van der Waals surface area contributed by atoms with Crippen LogP contribution in [0.15, 0.2) is 31.1 Å². The molecule has 0 unspecified atom stereocenters. The molecule has 4 heteroatoms. The Hall–Kier alpha value is -1.84. The zero-order valence-electron chi connectivity index (χ0n) is 8.31. The van der Waals surface area contributed by atoms with Crippen LogP contribution in [0.25, 0.3) is 0 Å². The molecule has 0 radical (unpaired) electrons. The molecule has 0 bridgehead atoms. The molecular formula is C10H12N4. The quantitative estimate of drug-likeness (QED) is 0.715. The molecule has 0 N–H and O–H groups in total. The van der Waals surface area contributed by atoms with Crippen molar-refractivity contribution >= 4 is 0 Å². The summed E-state index contributed by atoms with van der Waals surface area (Å²) in [6.45, 7) is 7.81. The van der Waals surface area contributed by atoms with Crippen LogP contribution in [-0.4, -0.2) is 19.6 Å². The van der Waals surface area contributed by atoms with E-state index in [1.165, 1.54) is 0 Å². The molecule has 14 heavy (non-hydrogen) atoms. The highest BCUT2D eigenvalue weighted by Gasteiger charge is 2.02. The van der Waals surface area contributed by atoms with Gasteiger partial charge in [0.25, 0.3) is 0 Å². The third-order valence-corrected chi connectivity index (χ3v) is 1.97. The molecule has 0 aliphatic heterocycles. The highest BCUT2D eigenvalue weighted by molar-refractivity contribution is 5.03. The highest BCUT2D eigenvalue weighted by Crippen LogP contribution is 2.01. The second-order valence-electron chi connectivity index (χ2n) is 3.22. The van der Waals surface area contributed by atoms with E-state index in [1.807, 2.05) is 38.4 Å². The maximum Gasteiger partial charge on any atom is 0.147 e. The van der Waals surface area contributed by atoms with Gasteiger partial charge in [-0.2, -0.15) is 10.2 Å². The molecule has 2 rings (SSSR count). The van der Waals surface area contributed by atoms with E-state index in [0.717, 1.165) is 17.2 Å². The molecular weight excluding hydrogens is 176 g/mol. The van der Waals surface area contributed by atoms with Crippen LogP contribution in [-0.2, 0) is 0 Å². The van der Waals surface area contributed by atoms with Crippen molar-refractivity contribution in [3.63, 3.8) is 0 Å². The third-order valence-electron chi connectivity index (χ3n) is 1.97. The van der Waals surface area contributed by atoms with Crippen molar-refractivity contribution in [1.82, 2.24) is 19.6 Å². The molecule has 0 fully saturated rings. The summed E-state index contributed by atoms with van der Waals surface area (Å²) in [7, 11) is 0. The fraction of sp³-hybridized carbons (Fsp3) is 0.200. The van der Waals surface area contributed by atoms with Crippen LogP contribution in [0.2, 0.25) is 0 Å². The van der Waals surface area contributed by atoms with Gasteiger partial charge in [-0.3, -0.25) is 0 Å². The minimum Gasteiger partial charge on any atom is -0.223 e. The average molecular weight is 188 g/mol. The Morgan fingerprint density at radius 1 is 1.07 bits per heavy atom. The highest BCUT2D eigenvalue weighted by atomic mass is 15.4. The molecule has 0 saturated carbocycles. The second-order valence-corrected chi connectivity index (χ2v) is 3.22. The lowest BCUT2D eigenvalue weighted by atomic mass is 10.5. The van der Waals surface area contributed by atoms with Crippen molar-refractivity contribution < 1.29 is 0 Å². The Labute approximate surface area is 82.5 Å². The molecule has 2 aromatic rings. The SMILES string of the molecule is C=C(n1ccc(C)n1)n1ccc(C)n1. The first-order chi connectivity index (χ1) is 6.66. The van der Waals surface area contributed by atoms with Crippen LogP contribution >= 0.6 is 0 Å². The number of rotatable bonds is 2. The van der Waals surface area contributed by atoms with E-state index in [-0.39, 0.29) is 0 Å². The van der Waals surface area contributed by atoms with E-state index in [1.54, 1.807) is 9.36 Å². The van der Waals surface area contributed by atoms with Crippen molar-refractivity contribution in [3.8, 4) is 0 Å². The third kappa shape index (κ3) is 1.46. The van der Waals surface area contributed by atoms with Crippen molar-refractivity contribution in [2.24, 2.45) is 0 Å². The van der Waals surface area contributed by atoms with Gasteiger partial charge in [0.15, 0.2) is 0 Å². The fourth-order valence-electron chi connectivity index (χ4n) is 1.22. The number of aromatic nitrogens is 4. The Bertz CT molecular complexity index is 422. The number of hydrogen-bond acceptors (Lipinski definition) is 2. The van der Waals surface area contributed by atoms with Gasteiger partial charge < -0.3 is 0 Å². The molecule has 0 atom stereocenters. The summed E-state index contributed by atoms with van der Waals surface area (Å²) in [4.78, 5) is 0. The van der Waals surface area contributed by atoms with Crippen molar-refractivity contribution in [2.75, 3.05) is 0 Å². The van der Waals surface area contributed by atoms with Gasteiger partial charge in [0.05, 0.1) is 11.4 Å². The molecule has 2 heterocycles. The van der Waals surface area contributed by atoms with Gasteiger partial charge in [0, 0.05) is 12.4 Å². The molecule has 0 saturated heterocycles. The summed E-state index contributed by atoms with van der Waals surface area (Å²) >= 11 is 0. The topological polar surface area (TPSA) is 35.6 Å². The average Bonchev–Trinajstić information content (AvgIpc) is 2.73. The molecule has 0 spiro atoms. The summed E-state index contributed by atoms with van der Waals surface area (Å²) in [5.41, 5.74) is 1.94. The summed E-state index contributed by atoms with van der Waals surface area (Å²) in [5, 5.41) is 8.51. The van der Waals surface area contributed by atoms with Gasteiger partial charge in [0.2, 0.25) is 0 Å².